The molecule has 2 heteroatoms. The Morgan fingerprint density at radius 3 is 2.75 bits per heavy atom. The van der Waals surface area contributed by atoms with Gasteiger partial charge in [0, 0.05) is 0 Å². The molecule has 0 aromatic rings. The zero-order valence-corrected chi connectivity index (χ0v) is 8.05. The van der Waals surface area contributed by atoms with Crippen LogP contribution in [0.3, 0.4) is 0 Å². The van der Waals surface area contributed by atoms with Crippen LogP contribution in [0.2, 0.25) is 0 Å². The van der Waals surface area contributed by atoms with Crippen LogP contribution in [-0.2, 0) is 0 Å². The third-order valence-electron chi connectivity index (χ3n) is 2.40. The first-order valence-corrected chi connectivity index (χ1v) is 5.18. The summed E-state index contributed by atoms with van der Waals surface area (Å²) in [5.41, 5.74) is 0. The van der Waals surface area contributed by atoms with Gasteiger partial charge in [-0.15, -0.1) is 0 Å². The average Bonchev–Trinajstić information content (AvgIpc) is 2.79. The molecule has 2 nitrogen and oxygen atoms in total. The van der Waals surface area contributed by atoms with Crippen molar-refractivity contribution in [1.82, 2.24) is 5.32 Å². The third kappa shape index (κ3) is 5.56. The number of nitrogens with one attached hydrogen (secondary N) is 1. The largest absolute Gasteiger partial charge is 0.393 e. The molecule has 1 saturated carbocycles. The molecule has 0 aliphatic heterocycles. The van der Waals surface area contributed by atoms with Crippen LogP contribution in [0.25, 0.3) is 0 Å². The molecule has 0 aromatic carbocycles. The zero-order valence-electron chi connectivity index (χ0n) is 8.05. The average molecular weight is 171 g/mol. The van der Waals surface area contributed by atoms with Crippen LogP contribution in [0.15, 0.2) is 0 Å². The smallest absolute Gasteiger partial charge is 0.0512 e. The van der Waals surface area contributed by atoms with E-state index in [-0.39, 0.29) is 6.10 Å². The molecule has 12 heavy (non-hydrogen) atoms. The first-order chi connectivity index (χ1) is 5.79. The monoisotopic (exact) mass is 171 g/mol. The molecule has 1 aliphatic rings. The van der Waals surface area contributed by atoms with E-state index in [1.54, 1.807) is 0 Å². The first kappa shape index (κ1) is 10.0. The molecule has 72 valence electrons. The van der Waals surface area contributed by atoms with Crippen LogP contribution in [0.1, 0.15) is 39.0 Å². The van der Waals surface area contributed by atoms with Crippen molar-refractivity contribution in [3.05, 3.63) is 0 Å². The van der Waals surface area contributed by atoms with E-state index in [9.17, 15) is 0 Å². The van der Waals surface area contributed by atoms with E-state index in [1.165, 1.54) is 25.8 Å². The molecule has 1 rings (SSSR count). The highest BCUT2D eigenvalue weighted by Crippen LogP contribution is 2.31. The number of aliphatic hydroxyl groups excluding tert-OH is 1. The maximum absolute atomic E-state index is 8.98. The van der Waals surface area contributed by atoms with Gasteiger partial charge in [-0.05, 0) is 45.2 Å². The van der Waals surface area contributed by atoms with Crippen molar-refractivity contribution in [2.24, 2.45) is 5.92 Å². The van der Waals surface area contributed by atoms with Crippen molar-refractivity contribution >= 4 is 0 Å². The Labute approximate surface area is 75.4 Å². The Morgan fingerprint density at radius 1 is 1.42 bits per heavy atom. The second-order valence-corrected chi connectivity index (χ2v) is 3.97. The summed E-state index contributed by atoms with van der Waals surface area (Å²) in [5, 5.41) is 12.4. The number of hydrogen-bond donors (Lipinski definition) is 2. The van der Waals surface area contributed by atoms with Gasteiger partial charge in [0.05, 0.1) is 6.10 Å². The van der Waals surface area contributed by atoms with Gasteiger partial charge in [-0.3, -0.25) is 0 Å². The van der Waals surface area contributed by atoms with Crippen LogP contribution >= 0.6 is 0 Å². The number of hydrogen-bond acceptors (Lipinski definition) is 2. The Morgan fingerprint density at radius 2 is 2.17 bits per heavy atom. The molecule has 2 N–H and O–H groups in total. The Hall–Kier alpha value is -0.0800. The van der Waals surface area contributed by atoms with E-state index < -0.39 is 0 Å². The molecule has 1 aliphatic carbocycles. The van der Waals surface area contributed by atoms with Gasteiger partial charge in [0.25, 0.3) is 0 Å². The lowest BCUT2D eigenvalue weighted by Crippen LogP contribution is -2.18. The summed E-state index contributed by atoms with van der Waals surface area (Å²) in [4.78, 5) is 0. The predicted molar refractivity (Wildman–Crippen MR) is 51.1 cm³/mol. The SMILES string of the molecule is CC(O)CCCNCCC1CC1. The van der Waals surface area contributed by atoms with Crippen molar-refractivity contribution in [3.63, 3.8) is 0 Å². The molecule has 0 heterocycles. The third-order valence-corrected chi connectivity index (χ3v) is 2.40. The van der Waals surface area contributed by atoms with Gasteiger partial charge in [0.2, 0.25) is 0 Å². The summed E-state index contributed by atoms with van der Waals surface area (Å²) in [6.45, 7) is 4.09. The topological polar surface area (TPSA) is 32.3 Å². The Bertz CT molecular complexity index is 104. The van der Waals surface area contributed by atoms with E-state index in [2.05, 4.69) is 5.32 Å². The van der Waals surface area contributed by atoms with E-state index in [1.807, 2.05) is 6.92 Å². The van der Waals surface area contributed by atoms with E-state index in [0.717, 1.165) is 25.3 Å². The van der Waals surface area contributed by atoms with Gasteiger partial charge >= 0.3 is 0 Å². The molecule has 1 fully saturated rings. The molecular weight excluding hydrogens is 150 g/mol. The minimum absolute atomic E-state index is 0.129. The molecule has 0 saturated heterocycles. The molecular formula is C10H21NO. The fourth-order valence-electron chi connectivity index (χ4n) is 1.36. The summed E-state index contributed by atoms with van der Waals surface area (Å²) < 4.78 is 0. The van der Waals surface area contributed by atoms with Gasteiger partial charge < -0.3 is 10.4 Å². The number of aliphatic hydroxyl groups is 1. The highest BCUT2D eigenvalue weighted by molar-refractivity contribution is 4.73. The maximum Gasteiger partial charge on any atom is 0.0512 e. The maximum atomic E-state index is 8.98. The molecule has 0 bridgehead atoms. The van der Waals surface area contributed by atoms with Crippen LogP contribution in [-0.4, -0.2) is 24.3 Å². The van der Waals surface area contributed by atoms with Gasteiger partial charge in [0.15, 0.2) is 0 Å². The summed E-state index contributed by atoms with van der Waals surface area (Å²) in [7, 11) is 0. The van der Waals surface area contributed by atoms with Crippen LogP contribution in [0, 0.1) is 5.92 Å². The fourth-order valence-corrected chi connectivity index (χ4v) is 1.36. The Kier molecular flexibility index (Phi) is 4.62. The highest BCUT2D eigenvalue weighted by Gasteiger charge is 2.19. The molecule has 1 atom stereocenters. The Balaban J connectivity index is 1.70. The van der Waals surface area contributed by atoms with Crippen LogP contribution in [0.4, 0.5) is 0 Å². The van der Waals surface area contributed by atoms with E-state index >= 15 is 0 Å². The van der Waals surface area contributed by atoms with Crippen molar-refractivity contribution in [3.8, 4) is 0 Å². The molecule has 0 amide bonds. The molecule has 0 aromatic heterocycles. The number of rotatable bonds is 7. The normalized spacial score (nSPS) is 19.5. The minimum Gasteiger partial charge on any atom is -0.393 e. The summed E-state index contributed by atoms with van der Waals surface area (Å²) in [6.07, 6.45) is 6.16. The molecule has 0 radical (unpaired) electrons. The van der Waals surface area contributed by atoms with Gasteiger partial charge in [-0.1, -0.05) is 12.8 Å². The first-order valence-electron chi connectivity index (χ1n) is 5.18. The fraction of sp³-hybridized carbons (Fsp3) is 1.00. The lowest BCUT2D eigenvalue weighted by molar-refractivity contribution is 0.181. The van der Waals surface area contributed by atoms with Gasteiger partial charge in [-0.25, -0.2) is 0 Å². The predicted octanol–water partition coefficient (Wildman–Crippen LogP) is 1.54. The quantitative estimate of drug-likeness (QED) is 0.569. The van der Waals surface area contributed by atoms with Crippen molar-refractivity contribution < 1.29 is 5.11 Å². The summed E-state index contributed by atoms with van der Waals surface area (Å²) >= 11 is 0. The standard InChI is InChI=1S/C10H21NO/c1-9(12)3-2-7-11-8-6-10-4-5-10/h9-12H,2-8H2,1H3. The zero-order chi connectivity index (χ0) is 8.81. The van der Waals surface area contributed by atoms with Crippen molar-refractivity contribution in [2.75, 3.05) is 13.1 Å². The van der Waals surface area contributed by atoms with Gasteiger partial charge in [-0.2, -0.15) is 0 Å². The lowest BCUT2D eigenvalue weighted by atomic mass is 10.2. The summed E-state index contributed by atoms with van der Waals surface area (Å²) in [5.74, 6) is 1.04. The molecule has 1 unspecified atom stereocenters. The molecule has 0 spiro atoms. The lowest BCUT2D eigenvalue weighted by Gasteiger charge is -2.05. The van der Waals surface area contributed by atoms with Crippen molar-refractivity contribution in [2.45, 2.75) is 45.1 Å². The minimum atomic E-state index is -0.129. The summed E-state index contributed by atoms with van der Waals surface area (Å²) in [6, 6.07) is 0. The van der Waals surface area contributed by atoms with E-state index in [0.29, 0.717) is 0 Å². The second-order valence-electron chi connectivity index (χ2n) is 3.97. The van der Waals surface area contributed by atoms with Crippen LogP contribution in [0.5, 0.6) is 0 Å². The second kappa shape index (κ2) is 5.55. The highest BCUT2D eigenvalue weighted by atomic mass is 16.3. The van der Waals surface area contributed by atoms with E-state index in [4.69, 9.17) is 5.11 Å². The van der Waals surface area contributed by atoms with Crippen LogP contribution < -0.4 is 5.32 Å². The van der Waals surface area contributed by atoms with Crippen molar-refractivity contribution in [1.29, 1.82) is 0 Å². The van der Waals surface area contributed by atoms with Gasteiger partial charge in [0.1, 0.15) is 0 Å².